The molecular weight excluding hydrogens is 344 g/mol. The Hall–Kier alpha value is -2.13. The van der Waals surface area contributed by atoms with E-state index >= 15 is 0 Å². The van der Waals surface area contributed by atoms with E-state index in [1.807, 2.05) is 0 Å². The molecule has 2 aromatic rings. The highest BCUT2D eigenvalue weighted by Crippen LogP contribution is 2.20. The van der Waals surface area contributed by atoms with Crippen LogP contribution in [0.1, 0.15) is 43.7 Å². The molecule has 1 heterocycles. The average molecular weight is 379 g/mol. The Kier molecular flexibility index (Phi) is 8.10. The van der Waals surface area contributed by atoms with E-state index in [9.17, 15) is 4.79 Å². The van der Waals surface area contributed by atoms with Gasteiger partial charge in [-0.25, -0.2) is 0 Å². The molecule has 0 aromatic heterocycles. The summed E-state index contributed by atoms with van der Waals surface area (Å²) in [5.41, 5.74) is 2.79. The molecule has 0 N–H and O–H groups in total. The third kappa shape index (κ3) is 6.20. The number of carbonyl (C=O) groups excluding carboxylic acids is 1. The van der Waals surface area contributed by atoms with Crippen LogP contribution in [0.25, 0.3) is 0 Å². The summed E-state index contributed by atoms with van der Waals surface area (Å²) in [7, 11) is 0. The number of amides is 1. The van der Waals surface area contributed by atoms with Crippen molar-refractivity contribution in [1.82, 2.24) is 9.80 Å². The number of piperazine rings is 1. The fourth-order valence-corrected chi connectivity index (χ4v) is 4.22. The molecule has 1 fully saturated rings. The predicted molar refractivity (Wildman–Crippen MR) is 116 cm³/mol. The van der Waals surface area contributed by atoms with Gasteiger partial charge < -0.3 is 4.90 Å². The van der Waals surface area contributed by atoms with Crippen molar-refractivity contribution >= 4 is 5.91 Å². The molecule has 1 aliphatic heterocycles. The van der Waals surface area contributed by atoms with Gasteiger partial charge in [-0.1, -0.05) is 67.6 Å². The third-order valence-electron chi connectivity index (χ3n) is 5.92. The van der Waals surface area contributed by atoms with Gasteiger partial charge in [0.25, 0.3) is 0 Å². The fraction of sp³-hybridized carbons (Fsp3) is 0.480. The van der Waals surface area contributed by atoms with Crippen LogP contribution in [0.5, 0.6) is 0 Å². The van der Waals surface area contributed by atoms with E-state index in [4.69, 9.17) is 0 Å². The van der Waals surface area contributed by atoms with Crippen LogP contribution in [0.15, 0.2) is 60.7 Å². The highest BCUT2D eigenvalue weighted by Gasteiger charge is 2.28. The summed E-state index contributed by atoms with van der Waals surface area (Å²) in [5, 5.41) is 0. The standard InChI is InChI=1S/C25H34N2O/c1-2-26-19-20-27(25(28)21-26)24(17-9-15-22-11-5-3-6-12-22)18-10-16-23-13-7-4-8-14-23/h3-8,11-14,24H,2,9-10,15-21H2,1H3. The van der Waals surface area contributed by atoms with Gasteiger partial charge in [0.15, 0.2) is 0 Å². The molecule has 2 aromatic carbocycles. The molecule has 28 heavy (non-hydrogen) atoms. The number of hydrogen-bond donors (Lipinski definition) is 0. The van der Waals surface area contributed by atoms with E-state index in [1.165, 1.54) is 11.1 Å². The number of hydrogen-bond acceptors (Lipinski definition) is 2. The molecule has 150 valence electrons. The van der Waals surface area contributed by atoms with Gasteiger partial charge in [0, 0.05) is 19.1 Å². The van der Waals surface area contributed by atoms with Gasteiger partial charge in [-0.05, 0) is 56.2 Å². The number of rotatable bonds is 10. The first kappa shape index (κ1) is 20.6. The van der Waals surface area contributed by atoms with Crippen LogP contribution < -0.4 is 0 Å². The first-order chi connectivity index (χ1) is 13.8. The minimum Gasteiger partial charge on any atom is -0.337 e. The molecule has 0 unspecified atom stereocenters. The van der Waals surface area contributed by atoms with Crippen LogP contribution >= 0.6 is 0 Å². The zero-order valence-electron chi connectivity index (χ0n) is 17.2. The van der Waals surface area contributed by atoms with Crippen molar-refractivity contribution in [1.29, 1.82) is 0 Å². The number of likely N-dealkylation sites (N-methyl/N-ethyl adjacent to an activating group) is 1. The zero-order chi connectivity index (χ0) is 19.6. The van der Waals surface area contributed by atoms with Gasteiger partial charge in [0.1, 0.15) is 0 Å². The topological polar surface area (TPSA) is 23.6 Å². The summed E-state index contributed by atoms with van der Waals surface area (Å²) in [4.78, 5) is 17.2. The van der Waals surface area contributed by atoms with E-state index in [2.05, 4.69) is 77.4 Å². The molecule has 1 amide bonds. The average Bonchev–Trinajstić information content (AvgIpc) is 2.74. The Bertz CT molecular complexity index is 656. The van der Waals surface area contributed by atoms with Crippen LogP contribution in [0, 0.1) is 0 Å². The second-order valence-corrected chi connectivity index (χ2v) is 7.87. The fourth-order valence-electron chi connectivity index (χ4n) is 4.22. The minimum atomic E-state index is 0.317. The summed E-state index contributed by atoms with van der Waals surface area (Å²) in [6.45, 7) is 5.58. The van der Waals surface area contributed by atoms with E-state index in [0.29, 0.717) is 18.5 Å². The first-order valence-corrected chi connectivity index (χ1v) is 10.9. The van der Waals surface area contributed by atoms with Gasteiger partial charge >= 0.3 is 0 Å². The van der Waals surface area contributed by atoms with Crippen molar-refractivity contribution < 1.29 is 4.79 Å². The maximum Gasteiger partial charge on any atom is 0.237 e. The summed E-state index contributed by atoms with van der Waals surface area (Å²) >= 11 is 0. The third-order valence-corrected chi connectivity index (χ3v) is 5.92. The van der Waals surface area contributed by atoms with Gasteiger partial charge in [-0.3, -0.25) is 9.69 Å². The lowest BCUT2D eigenvalue weighted by molar-refractivity contribution is -0.139. The van der Waals surface area contributed by atoms with Crippen LogP contribution in [0.4, 0.5) is 0 Å². The van der Waals surface area contributed by atoms with E-state index in [0.717, 1.165) is 58.2 Å². The van der Waals surface area contributed by atoms with Crippen LogP contribution in [-0.2, 0) is 17.6 Å². The van der Waals surface area contributed by atoms with Gasteiger partial charge in [0.2, 0.25) is 5.91 Å². The quantitative estimate of drug-likeness (QED) is 0.605. The summed E-state index contributed by atoms with van der Waals surface area (Å²) < 4.78 is 0. The second-order valence-electron chi connectivity index (χ2n) is 7.87. The first-order valence-electron chi connectivity index (χ1n) is 10.9. The van der Waals surface area contributed by atoms with Crippen molar-refractivity contribution in [2.45, 2.75) is 51.5 Å². The molecule has 0 spiro atoms. The van der Waals surface area contributed by atoms with Crippen LogP contribution in [-0.4, -0.2) is 47.9 Å². The van der Waals surface area contributed by atoms with Gasteiger partial charge in [0.05, 0.1) is 6.54 Å². The Morgan fingerprint density at radius 3 is 1.82 bits per heavy atom. The lowest BCUT2D eigenvalue weighted by atomic mass is 9.97. The number of aryl methyl sites for hydroxylation is 2. The molecule has 0 aliphatic carbocycles. The molecule has 0 atom stereocenters. The molecule has 0 radical (unpaired) electrons. The maximum absolute atomic E-state index is 12.8. The monoisotopic (exact) mass is 378 g/mol. The smallest absolute Gasteiger partial charge is 0.237 e. The minimum absolute atomic E-state index is 0.317. The van der Waals surface area contributed by atoms with Crippen LogP contribution in [0.3, 0.4) is 0 Å². The molecule has 3 nitrogen and oxygen atoms in total. The zero-order valence-corrected chi connectivity index (χ0v) is 17.2. The second kappa shape index (κ2) is 11.0. The maximum atomic E-state index is 12.8. The normalized spacial score (nSPS) is 15.4. The van der Waals surface area contributed by atoms with Crippen molar-refractivity contribution in [2.24, 2.45) is 0 Å². The molecule has 3 heteroatoms. The summed E-state index contributed by atoms with van der Waals surface area (Å²) in [6.07, 6.45) is 6.67. The molecule has 1 aliphatic rings. The Morgan fingerprint density at radius 1 is 0.821 bits per heavy atom. The number of nitrogens with zero attached hydrogens (tertiary/aromatic N) is 2. The van der Waals surface area contributed by atoms with Crippen molar-refractivity contribution in [3.05, 3.63) is 71.8 Å². The van der Waals surface area contributed by atoms with Crippen molar-refractivity contribution in [3.63, 3.8) is 0 Å². The summed E-state index contributed by atoms with van der Waals surface area (Å²) in [6, 6.07) is 21.8. The largest absolute Gasteiger partial charge is 0.337 e. The highest BCUT2D eigenvalue weighted by atomic mass is 16.2. The SMILES string of the molecule is CCN1CCN(C(CCCc2ccccc2)CCCc2ccccc2)C(=O)C1. The number of carbonyl (C=O) groups is 1. The van der Waals surface area contributed by atoms with Crippen molar-refractivity contribution in [2.75, 3.05) is 26.2 Å². The molecule has 3 rings (SSSR count). The van der Waals surface area contributed by atoms with Crippen molar-refractivity contribution in [3.8, 4) is 0 Å². The lowest BCUT2D eigenvalue weighted by Gasteiger charge is -2.39. The molecular formula is C25H34N2O. The number of benzene rings is 2. The van der Waals surface area contributed by atoms with E-state index < -0.39 is 0 Å². The van der Waals surface area contributed by atoms with Gasteiger partial charge in [-0.15, -0.1) is 0 Å². The Labute approximate surface area is 170 Å². The van der Waals surface area contributed by atoms with Gasteiger partial charge in [-0.2, -0.15) is 0 Å². The van der Waals surface area contributed by atoms with Crippen LogP contribution in [0.2, 0.25) is 0 Å². The molecule has 1 saturated heterocycles. The Balaban J connectivity index is 1.55. The van der Waals surface area contributed by atoms with E-state index in [-0.39, 0.29) is 0 Å². The Morgan fingerprint density at radius 2 is 1.36 bits per heavy atom. The van der Waals surface area contributed by atoms with E-state index in [1.54, 1.807) is 0 Å². The summed E-state index contributed by atoms with van der Waals surface area (Å²) in [5.74, 6) is 0.317. The lowest BCUT2D eigenvalue weighted by Crippen LogP contribution is -2.53. The molecule has 0 saturated carbocycles. The molecule has 0 bridgehead atoms. The predicted octanol–water partition coefficient (Wildman–Crippen LogP) is 4.56. The highest BCUT2D eigenvalue weighted by molar-refractivity contribution is 5.79.